The van der Waals surface area contributed by atoms with Gasteiger partial charge in [-0.2, -0.15) is 0 Å². The van der Waals surface area contributed by atoms with Crippen LogP contribution in [0.1, 0.15) is 11.3 Å². The van der Waals surface area contributed by atoms with E-state index in [9.17, 15) is 4.79 Å². The first-order valence-electron chi connectivity index (χ1n) is 5.06. The molecule has 16 heavy (non-hydrogen) atoms. The topological polar surface area (TPSA) is 70.7 Å². The van der Waals surface area contributed by atoms with Crippen LogP contribution < -0.4 is 10.9 Å². The van der Waals surface area contributed by atoms with E-state index in [0.717, 1.165) is 29.9 Å². The van der Waals surface area contributed by atoms with Crippen molar-refractivity contribution in [2.45, 2.75) is 13.0 Å². The standard InChI is InChI=1S/C10H10N4OS/c15-10-6-3-11-2-1-7(6)13-9(14-10)8-4-16-5-12-8/h4-5,11H,1-3H2,(H,13,14,15). The lowest BCUT2D eigenvalue weighted by Crippen LogP contribution is -2.31. The van der Waals surface area contributed by atoms with Crippen LogP contribution in [0.4, 0.5) is 0 Å². The van der Waals surface area contributed by atoms with Gasteiger partial charge in [0.2, 0.25) is 0 Å². The predicted octanol–water partition coefficient (Wildman–Crippen LogP) is 0.539. The molecule has 0 saturated carbocycles. The summed E-state index contributed by atoms with van der Waals surface area (Å²) in [5.74, 6) is 0.576. The molecule has 2 N–H and O–H groups in total. The number of nitrogens with one attached hydrogen (secondary N) is 2. The Hall–Kier alpha value is -1.53. The van der Waals surface area contributed by atoms with Crippen molar-refractivity contribution in [3.63, 3.8) is 0 Å². The van der Waals surface area contributed by atoms with E-state index in [2.05, 4.69) is 20.3 Å². The molecule has 0 aromatic carbocycles. The Bertz CT molecular complexity index is 561. The number of thiazole rings is 1. The van der Waals surface area contributed by atoms with Crippen molar-refractivity contribution in [1.29, 1.82) is 0 Å². The molecule has 1 aliphatic heterocycles. The zero-order valence-corrected chi connectivity index (χ0v) is 9.30. The van der Waals surface area contributed by atoms with Gasteiger partial charge in [0.15, 0.2) is 5.82 Å². The second-order valence-electron chi connectivity index (χ2n) is 3.64. The number of rotatable bonds is 1. The number of nitrogens with zero attached hydrogens (tertiary/aromatic N) is 2. The molecule has 6 heteroatoms. The molecule has 2 aromatic heterocycles. The minimum absolute atomic E-state index is 0.0554. The molecule has 0 saturated heterocycles. The molecule has 0 atom stereocenters. The zero-order chi connectivity index (χ0) is 11.0. The van der Waals surface area contributed by atoms with E-state index in [0.29, 0.717) is 12.4 Å². The van der Waals surface area contributed by atoms with E-state index >= 15 is 0 Å². The SMILES string of the molecule is O=c1[nH]c(-c2cscn2)nc2c1CNCC2. The normalized spacial score (nSPS) is 14.8. The molecule has 3 heterocycles. The predicted molar refractivity (Wildman–Crippen MR) is 61.4 cm³/mol. The van der Waals surface area contributed by atoms with Crippen LogP contribution in [0.15, 0.2) is 15.7 Å². The highest BCUT2D eigenvalue weighted by Gasteiger charge is 2.16. The smallest absolute Gasteiger partial charge is 0.255 e. The van der Waals surface area contributed by atoms with Gasteiger partial charge in [0.25, 0.3) is 5.56 Å². The number of fused-ring (bicyclic) bond motifs is 1. The number of hydrogen-bond donors (Lipinski definition) is 2. The van der Waals surface area contributed by atoms with Crippen molar-refractivity contribution in [2.24, 2.45) is 0 Å². The molecular weight excluding hydrogens is 224 g/mol. The summed E-state index contributed by atoms with van der Waals surface area (Å²) in [5, 5.41) is 5.04. The summed E-state index contributed by atoms with van der Waals surface area (Å²) in [4.78, 5) is 23.2. The molecule has 2 aromatic rings. The second kappa shape index (κ2) is 3.80. The largest absolute Gasteiger partial charge is 0.312 e. The Morgan fingerprint density at radius 3 is 3.19 bits per heavy atom. The molecule has 1 aliphatic rings. The summed E-state index contributed by atoms with van der Waals surface area (Å²) in [6, 6.07) is 0. The summed E-state index contributed by atoms with van der Waals surface area (Å²) in [5.41, 5.74) is 4.07. The first kappa shape index (κ1) is 9.68. The van der Waals surface area contributed by atoms with Crippen molar-refractivity contribution >= 4 is 11.3 Å². The van der Waals surface area contributed by atoms with Crippen LogP contribution in [0.25, 0.3) is 11.5 Å². The zero-order valence-electron chi connectivity index (χ0n) is 8.49. The van der Waals surface area contributed by atoms with Crippen LogP contribution in [-0.4, -0.2) is 21.5 Å². The van der Waals surface area contributed by atoms with Gasteiger partial charge >= 0.3 is 0 Å². The molecular formula is C10H10N4OS. The minimum Gasteiger partial charge on any atom is -0.312 e. The minimum atomic E-state index is -0.0554. The van der Waals surface area contributed by atoms with Gasteiger partial charge in [0.05, 0.1) is 16.8 Å². The highest BCUT2D eigenvalue weighted by Crippen LogP contribution is 2.15. The lowest BCUT2D eigenvalue weighted by Gasteiger charge is -2.15. The van der Waals surface area contributed by atoms with Gasteiger partial charge in [-0.1, -0.05) is 0 Å². The Morgan fingerprint density at radius 1 is 1.44 bits per heavy atom. The van der Waals surface area contributed by atoms with Crippen LogP contribution >= 0.6 is 11.3 Å². The third-order valence-electron chi connectivity index (χ3n) is 2.62. The second-order valence-corrected chi connectivity index (χ2v) is 4.36. The van der Waals surface area contributed by atoms with E-state index in [1.807, 2.05) is 5.38 Å². The average Bonchev–Trinajstić information content (AvgIpc) is 2.82. The van der Waals surface area contributed by atoms with Crippen LogP contribution in [-0.2, 0) is 13.0 Å². The van der Waals surface area contributed by atoms with Crippen molar-refractivity contribution in [2.75, 3.05) is 6.54 Å². The summed E-state index contributed by atoms with van der Waals surface area (Å²) in [6.07, 6.45) is 0.802. The lowest BCUT2D eigenvalue weighted by atomic mass is 10.1. The fourth-order valence-electron chi connectivity index (χ4n) is 1.80. The van der Waals surface area contributed by atoms with Gasteiger partial charge in [0, 0.05) is 24.9 Å². The van der Waals surface area contributed by atoms with E-state index in [4.69, 9.17) is 0 Å². The molecule has 5 nitrogen and oxygen atoms in total. The van der Waals surface area contributed by atoms with E-state index in [-0.39, 0.29) is 5.56 Å². The summed E-state index contributed by atoms with van der Waals surface area (Å²) in [7, 11) is 0. The molecule has 0 unspecified atom stereocenters. The molecule has 0 bridgehead atoms. The van der Waals surface area contributed by atoms with Crippen molar-refractivity contribution in [1.82, 2.24) is 20.3 Å². The number of H-pyrrole nitrogens is 1. The highest BCUT2D eigenvalue weighted by molar-refractivity contribution is 7.07. The molecule has 3 rings (SSSR count). The Labute approximate surface area is 95.6 Å². The maximum absolute atomic E-state index is 11.8. The monoisotopic (exact) mass is 234 g/mol. The van der Waals surface area contributed by atoms with E-state index in [1.165, 1.54) is 11.3 Å². The van der Waals surface area contributed by atoms with Crippen LogP contribution in [0, 0.1) is 0 Å². The van der Waals surface area contributed by atoms with Crippen LogP contribution in [0.3, 0.4) is 0 Å². The fraction of sp³-hybridized carbons (Fsp3) is 0.300. The van der Waals surface area contributed by atoms with Crippen molar-refractivity contribution < 1.29 is 0 Å². The average molecular weight is 234 g/mol. The molecule has 0 radical (unpaired) electrons. The third-order valence-corrected chi connectivity index (χ3v) is 3.20. The summed E-state index contributed by atoms with van der Waals surface area (Å²) >= 11 is 1.49. The summed E-state index contributed by atoms with van der Waals surface area (Å²) < 4.78 is 0. The maximum Gasteiger partial charge on any atom is 0.255 e. The van der Waals surface area contributed by atoms with Gasteiger partial charge in [-0.15, -0.1) is 11.3 Å². The Kier molecular flexibility index (Phi) is 2.30. The third kappa shape index (κ3) is 1.56. The number of aromatic nitrogens is 3. The molecule has 0 aliphatic carbocycles. The Balaban J connectivity index is 2.16. The van der Waals surface area contributed by atoms with Crippen molar-refractivity contribution in [3.05, 3.63) is 32.5 Å². The van der Waals surface area contributed by atoms with Gasteiger partial charge < -0.3 is 10.3 Å². The highest BCUT2D eigenvalue weighted by atomic mass is 32.1. The van der Waals surface area contributed by atoms with Crippen molar-refractivity contribution in [3.8, 4) is 11.5 Å². The molecule has 0 fully saturated rings. The van der Waals surface area contributed by atoms with Gasteiger partial charge in [-0.3, -0.25) is 4.79 Å². The van der Waals surface area contributed by atoms with Gasteiger partial charge in [0.1, 0.15) is 5.69 Å². The van der Waals surface area contributed by atoms with Gasteiger partial charge in [-0.25, -0.2) is 9.97 Å². The summed E-state index contributed by atoms with van der Waals surface area (Å²) in [6.45, 7) is 1.48. The fourth-order valence-corrected chi connectivity index (χ4v) is 2.34. The number of hydrogen-bond acceptors (Lipinski definition) is 5. The van der Waals surface area contributed by atoms with E-state index in [1.54, 1.807) is 5.51 Å². The van der Waals surface area contributed by atoms with Crippen LogP contribution in [0.5, 0.6) is 0 Å². The first-order chi connectivity index (χ1) is 7.84. The van der Waals surface area contributed by atoms with Gasteiger partial charge in [-0.05, 0) is 0 Å². The quantitative estimate of drug-likeness (QED) is 0.755. The lowest BCUT2D eigenvalue weighted by molar-refractivity contribution is 0.621. The molecule has 0 amide bonds. The molecule has 82 valence electrons. The molecule has 0 spiro atoms. The van der Waals surface area contributed by atoms with E-state index < -0.39 is 0 Å². The van der Waals surface area contributed by atoms with Crippen LogP contribution in [0.2, 0.25) is 0 Å². The first-order valence-corrected chi connectivity index (χ1v) is 6.00. The Morgan fingerprint density at radius 2 is 2.38 bits per heavy atom. The number of aromatic amines is 1. The maximum atomic E-state index is 11.8.